The fourth-order valence-corrected chi connectivity index (χ4v) is 1.96. The highest BCUT2D eigenvalue weighted by molar-refractivity contribution is 6.31. The molecule has 0 aromatic heterocycles. The second-order valence-corrected chi connectivity index (χ2v) is 4.50. The van der Waals surface area contributed by atoms with Crippen molar-refractivity contribution in [2.24, 2.45) is 5.73 Å². The molecule has 0 saturated carbocycles. The van der Waals surface area contributed by atoms with Crippen LogP contribution >= 0.6 is 11.6 Å². The van der Waals surface area contributed by atoms with Gasteiger partial charge in [-0.1, -0.05) is 29.8 Å². The molecule has 1 amide bonds. The summed E-state index contributed by atoms with van der Waals surface area (Å²) < 4.78 is 0. The van der Waals surface area contributed by atoms with E-state index < -0.39 is 0 Å². The number of halogens is 1. The molecular weight excluding hydrogens is 236 g/mol. The van der Waals surface area contributed by atoms with Gasteiger partial charge in [0.05, 0.1) is 6.04 Å². The lowest BCUT2D eigenvalue weighted by Gasteiger charge is -2.26. The van der Waals surface area contributed by atoms with Crippen molar-refractivity contribution in [3.8, 4) is 0 Å². The Morgan fingerprint density at radius 2 is 2.12 bits per heavy atom. The van der Waals surface area contributed by atoms with Crippen LogP contribution in [0.25, 0.3) is 0 Å². The number of carbonyl (C=O) groups excluding carboxylic acids is 1. The SMILES string of the molecule is CC(c1ccccc1Cl)N(C)C(=O)CCCN. The summed E-state index contributed by atoms with van der Waals surface area (Å²) in [6, 6.07) is 7.57. The zero-order valence-electron chi connectivity index (χ0n) is 10.3. The largest absolute Gasteiger partial charge is 0.339 e. The third-order valence-electron chi connectivity index (χ3n) is 2.92. The third kappa shape index (κ3) is 3.72. The summed E-state index contributed by atoms with van der Waals surface area (Å²) in [6.45, 7) is 2.52. The summed E-state index contributed by atoms with van der Waals surface area (Å²) in [6.07, 6.45) is 1.21. The van der Waals surface area contributed by atoms with Crippen LogP contribution in [0.2, 0.25) is 5.02 Å². The number of nitrogens with two attached hydrogens (primary N) is 1. The Bertz CT molecular complexity index is 381. The molecule has 1 aromatic rings. The van der Waals surface area contributed by atoms with Crippen LogP contribution < -0.4 is 5.73 Å². The third-order valence-corrected chi connectivity index (χ3v) is 3.27. The number of amides is 1. The maximum absolute atomic E-state index is 11.9. The first-order chi connectivity index (χ1) is 8.07. The molecular formula is C13H19ClN2O. The van der Waals surface area contributed by atoms with Crippen LogP contribution in [-0.4, -0.2) is 24.4 Å². The Balaban J connectivity index is 2.72. The minimum atomic E-state index is -0.0195. The van der Waals surface area contributed by atoms with Crippen molar-refractivity contribution < 1.29 is 4.79 Å². The number of rotatable bonds is 5. The first kappa shape index (κ1) is 14.0. The Labute approximate surface area is 108 Å². The number of hydrogen-bond acceptors (Lipinski definition) is 2. The highest BCUT2D eigenvalue weighted by Gasteiger charge is 2.18. The van der Waals surface area contributed by atoms with Gasteiger partial charge in [-0.25, -0.2) is 0 Å². The predicted octanol–water partition coefficient (Wildman–Crippen LogP) is 2.60. The number of benzene rings is 1. The van der Waals surface area contributed by atoms with E-state index in [9.17, 15) is 4.79 Å². The monoisotopic (exact) mass is 254 g/mol. The van der Waals surface area contributed by atoms with Crippen molar-refractivity contribution in [1.29, 1.82) is 0 Å². The number of carbonyl (C=O) groups is 1. The second kappa shape index (κ2) is 6.62. The fraction of sp³-hybridized carbons (Fsp3) is 0.462. The number of hydrogen-bond donors (Lipinski definition) is 1. The summed E-state index contributed by atoms with van der Waals surface area (Å²) in [5.74, 6) is 0.0999. The van der Waals surface area contributed by atoms with Crippen molar-refractivity contribution in [3.05, 3.63) is 34.9 Å². The molecule has 0 aliphatic heterocycles. The van der Waals surface area contributed by atoms with Crippen LogP contribution in [0.3, 0.4) is 0 Å². The van der Waals surface area contributed by atoms with Crippen LogP contribution in [-0.2, 0) is 4.79 Å². The standard InChI is InChI=1S/C13H19ClN2O/c1-10(11-6-3-4-7-12(11)14)16(2)13(17)8-5-9-15/h3-4,6-7,10H,5,8-9,15H2,1-2H3. The quantitative estimate of drug-likeness (QED) is 0.878. The zero-order valence-corrected chi connectivity index (χ0v) is 11.1. The van der Waals surface area contributed by atoms with Crippen LogP contribution in [0.1, 0.15) is 31.4 Å². The van der Waals surface area contributed by atoms with E-state index in [1.54, 1.807) is 11.9 Å². The molecule has 1 unspecified atom stereocenters. The molecule has 0 fully saturated rings. The van der Waals surface area contributed by atoms with Gasteiger partial charge in [0.25, 0.3) is 0 Å². The first-order valence-corrected chi connectivity index (χ1v) is 6.16. The molecule has 0 saturated heterocycles. The summed E-state index contributed by atoms with van der Waals surface area (Å²) in [5.41, 5.74) is 6.37. The van der Waals surface area contributed by atoms with Crippen molar-refractivity contribution in [2.45, 2.75) is 25.8 Å². The number of nitrogens with zero attached hydrogens (tertiary/aromatic N) is 1. The Morgan fingerprint density at radius 1 is 1.47 bits per heavy atom. The van der Waals surface area contributed by atoms with Gasteiger partial charge in [0, 0.05) is 18.5 Å². The molecule has 94 valence electrons. The van der Waals surface area contributed by atoms with Crippen molar-refractivity contribution >= 4 is 17.5 Å². The van der Waals surface area contributed by atoms with Crippen molar-refractivity contribution in [2.75, 3.05) is 13.6 Å². The predicted molar refractivity (Wildman–Crippen MR) is 70.9 cm³/mol. The molecule has 0 bridgehead atoms. The van der Waals surface area contributed by atoms with Crippen LogP contribution in [0.4, 0.5) is 0 Å². The topological polar surface area (TPSA) is 46.3 Å². The summed E-state index contributed by atoms with van der Waals surface area (Å²) >= 11 is 6.11. The average Bonchev–Trinajstić information content (AvgIpc) is 2.34. The highest BCUT2D eigenvalue weighted by Crippen LogP contribution is 2.26. The molecule has 17 heavy (non-hydrogen) atoms. The average molecular weight is 255 g/mol. The van der Waals surface area contributed by atoms with Crippen molar-refractivity contribution in [3.63, 3.8) is 0 Å². The molecule has 1 atom stereocenters. The van der Waals surface area contributed by atoms with E-state index in [0.29, 0.717) is 18.0 Å². The van der Waals surface area contributed by atoms with Gasteiger partial charge < -0.3 is 10.6 Å². The minimum Gasteiger partial charge on any atom is -0.339 e. The lowest BCUT2D eigenvalue weighted by molar-refractivity contribution is -0.131. The fourth-order valence-electron chi connectivity index (χ4n) is 1.67. The Morgan fingerprint density at radius 3 is 2.71 bits per heavy atom. The highest BCUT2D eigenvalue weighted by atomic mass is 35.5. The van der Waals surface area contributed by atoms with E-state index >= 15 is 0 Å². The lowest BCUT2D eigenvalue weighted by Crippen LogP contribution is -2.30. The molecule has 0 radical (unpaired) electrons. The normalized spacial score (nSPS) is 12.2. The van der Waals surface area contributed by atoms with E-state index in [1.807, 2.05) is 31.2 Å². The van der Waals surface area contributed by atoms with Crippen molar-refractivity contribution in [1.82, 2.24) is 4.90 Å². The van der Waals surface area contributed by atoms with E-state index in [4.69, 9.17) is 17.3 Å². The molecule has 0 spiro atoms. The summed E-state index contributed by atoms with van der Waals surface area (Å²) in [5, 5.41) is 0.693. The summed E-state index contributed by atoms with van der Waals surface area (Å²) in [4.78, 5) is 13.6. The molecule has 0 aliphatic carbocycles. The maximum Gasteiger partial charge on any atom is 0.222 e. The van der Waals surface area contributed by atoms with Gasteiger partial charge in [0.1, 0.15) is 0 Å². The molecule has 1 aromatic carbocycles. The molecule has 0 aliphatic rings. The van der Waals surface area contributed by atoms with Gasteiger partial charge >= 0.3 is 0 Å². The maximum atomic E-state index is 11.9. The first-order valence-electron chi connectivity index (χ1n) is 5.78. The van der Waals surface area contributed by atoms with Crippen LogP contribution in [0, 0.1) is 0 Å². The lowest BCUT2D eigenvalue weighted by atomic mass is 10.1. The van der Waals surface area contributed by atoms with Gasteiger partial charge in [-0.05, 0) is 31.5 Å². The molecule has 3 nitrogen and oxygen atoms in total. The van der Waals surface area contributed by atoms with Gasteiger partial charge in [-0.15, -0.1) is 0 Å². The minimum absolute atomic E-state index is 0.0195. The molecule has 2 N–H and O–H groups in total. The van der Waals surface area contributed by atoms with Gasteiger partial charge in [0.2, 0.25) is 5.91 Å². The van der Waals surface area contributed by atoms with Crippen LogP contribution in [0.15, 0.2) is 24.3 Å². The van der Waals surface area contributed by atoms with Gasteiger partial charge in [0.15, 0.2) is 0 Å². The van der Waals surface area contributed by atoms with E-state index in [1.165, 1.54) is 0 Å². The van der Waals surface area contributed by atoms with Crippen LogP contribution in [0.5, 0.6) is 0 Å². The molecule has 0 heterocycles. The van der Waals surface area contributed by atoms with Gasteiger partial charge in [-0.2, -0.15) is 0 Å². The Hall–Kier alpha value is -1.06. The molecule has 1 rings (SSSR count). The molecule has 4 heteroatoms. The Kier molecular flexibility index (Phi) is 5.45. The second-order valence-electron chi connectivity index (χ2n) is 4.09. The zero-order chi connectivity index (χ0) is 12.8. The smallest absolute Gasteiger partial charge is 0.222 e. The summed E-state index contributed by atoms with van der Waals surface area (Å²) in [7, 11) is 1.80. The van der Waals surface area contributed by atoms with Gasteiger partial charge in [-0.3, -0.25) is 4.79 Å². The van der Waals surface area contributed by atoms with E-state index in [-0.39, 0.29) is 11.9 Å². The van der Waals surface area contributed by atoms with E-state index in [0.717, 1.165) is 12.0 Å². The van der Waals surface area contributed by atoms with E-state index in [2.05, 4.69) is 0 Å².